The van der Waals surface area contributed by atoms with Crippen molar-refractivity contribution >= 4 is 17.7 Å². The van der Waals surface area contributed by atoms with Gasteiger partial charge in [-0.05, 0) is 57.7 Å². The Morgan fingerprint density at radius 1 is 1.32 bits per heavy atom. The van der Waals surface area contributed by atoms with Crippen LogP contribution in [0.5, 0.6) is 0 Å². The second-order valence-electron chi connectivity index (χ2n) is 7.07. The lowest BCUT2D eigenvalue weighted by Crippen LogP contribution is -2.46. The summed E-state index contributed by atoms with van der Waals surface area (Å²) in [4.78, 5) is 13.4. The number of carbonyl (C=O) groups excluding carboxylic acids is 1. The van der Waals surface area contributed by atoms with E-state index in [1.54, 1.807) is 23.7 Å². The molecule has 0 bridgehead atoms. The normalized spacial score (nSPS) is 15.5. The summed E-state index contributed by atoms with van der Waals surface area (Å²) in [5.74, 6) is 0.0609. The Bertz CT molecular complexity index is 833. The number of carbonyl (C=O) groups is 1. The van der Waals surface area contributed by atoms with Crippen molar-refractivity contribution in [1.82, 2.24) is 24.9 Å². The number of rotatable bonds is 7. The van der Waals surface area contributed by atoms with Crippen molar-refractivity contribution in [2.45, 2.75) is 50.9 Å². The van der Waals surface area contributed by atoms with Crippen molar-refractivity contribution in [3.63, 3.8) is 0 Å². The van der Waals surface area contributed by atoms with Crippen molar-refractivity contribution in [2.24, 2.45) is 5.92 Å². The van der Waals surface area contributed by atoms with Crippen molar-refractivity contribution in [3.05, 3.63) is 29.6 Å². The molecule has 1 unspecified atom stereocenters. The Morgan fingerprint density at radius 3 is 2.54 bits per heavy atom. The highest BCUT2D eigenvalue weighted by Gasteiger charge is 2.40. The average Bonchev–Trinajstić information content (AvgIpc) is 3.41. The predicted octanol–water partition coefficient (Wildman–Crippen LogP) is 3.56. The summed E-state index contributed by atoms with van der Waals surface area (Å²) in [6.45, 7) is 4.25. The number of aromatic nitrogens is 4. The minimum absolute atomic E-state index is 0.110. The van der Waals surface area contributed by atoms with E-state index in [0.717, 1.165) is 40.9 Å². The second-order valence-corrected chi connectivity index (χ2v) is 8.07. The van der Waals surface area contributed by atoms with Crippen LogP contribution < -0.4 is 0 Å². The smallest absolute Gasteiger partial charge is 0.330 e. The maximum absolute atomic E-state index is 12.9. The number of alkyl halides is 3. The van der Waals surface area contributed by atoms with Crippen LogP contribution in [0, 0.1) is 19.8 Å². The molecule has 28 heavy (non-hydrogen) atoms. The number of halogens is 3. The maximum Gasteiger partial charge on any atom is 0.406 e. The second kappa shape index (κ2) is 8.10. The summed E-state index contributed by atoms with van der Waals surface area (Å²) >= 11 is 1.08. The molecule has 1 aliphatic carbocycles. The Kier molecular flexibility index (Phi) is 5.97. The van der Waals surface area contributed by atoms with Crippen molar-refractivity contribution in [3.8, 4) is 5.82 Å². The Balaban J connectivity index is 1.63. The molecular formula is C18H22F3N5OS. The summed E-state index contributed by atoms with van der Waals surface area (Å²) in [6, 6.07) is 4.92. The number of thioether (sulfide) groups is 1. The van der Waals surface area contributed by atoms with Crippen molar-refractivity contribution in [1.29, 1.82) is 0 Å². The van der Waals surface area contributed by atoms with Gasteiger partial charge in [-0.2, -0.15) is 18.3 Å². The molecule has 3 rings (SSSR count). The standard InChI is InChI=1S/C18H22F3N5OS/c1-11-8-12(2)26(24-11)15-6-7-16(23-22-15)28-9-17(27)25(10-18(19,20)21)13(3)14-4-5-14/h6-8,13-14H,4-5,9-10H2,1-3H3. The molecule has 0 aromatic carbocycles. The molecular weight excluding hydrogens is 391 g/mol. The van der Waals surface area contributed by atoms with Gasteiger partial charge in [0, 0.05) is 11.7 Å². The van der Waals surface area contributed by atoms with E-state index in [9.17, 15) is 18.0 Å². The topological polar surface area (TPSA) is 63.9 Å². The molecule has 0 aliphatic heterocycles. The number of aryl methyl sites for hydroxylation is 2. The maximum atomic E-state index is 12.9. The molecule has 0 radical (unpaired) electrons. The molecule has 2 heterocycles. The molecule has 2 aromatic rings. The SMILES string of the molecule is Cc1cc(C)n(-c2ccc(SCC(=O)N(CC(F)(F)F)C(C)C3CC3)nn2)n1. The summed E-state index contributed by atoms with van der Waals surface area (Å²) in [6.07, 6.45) is -2.67. The van der Waals surface area contributed by atoms with Gasteiger partial charge in [-0.15, -0.1) is 10.2 Å². The highest BCUT2D eigenvalue weighted by molar-refractivity contribution is 7.99. The summed E-state index contributed by atoms with van der Waals surface area (Å²) in [7, 11) is 0. The fraction of sp³-hybridized carbons (Fsp3) is 0.556. The summed E-state index contributed by atoms with van der Waals surface area (Å²) in [5.41, 5.74) is 1.78. The molecule has 1 saturated carbocycles. The average molecular weight is 413 g/mol. The van der Waals surface area contributed by atoms with Gasteiger partial charge < -0.3 is 4.90 Å². The van der Waals surface area contributed by atoms with Gasteiger partial charge in [0.15, 0.2) is 5.82 Å². The van der Waals surface area contributed by atoms with Crippen LogP contribution in [0.2, 0.25) is 0 Å². The molecule has 2 aromatic heterocycles. The zero-order valence-corrected chi connectivity index (χ0v) is 16.7. The van der Waals surface area contributed by atoms with E-state index < -0.39 is 24.7 Å². The van der Waals surface area contributed by atoms with Gasteiger partial charge in [-0.3, -0.25) is 4.79 Å². The van der Waals surface area contributed by atoms with Crippen LogP contribution in [0.15, 0.2) is 23.2 Å². The molecule has 6 nitrogen and oxygen atoms in total. The fourth-order valence-electron chi connectivity index (χ4n) is 3.07. The third-order valence-corrected chi connectivity index (χ3v) is 5.57. The molecule has 10 heteroatoms. The van der Waals surface area contributed by atoms with Gasteiger partial charge in [-0.25, -0.2) is 4.68 Å². The lowest BCUT2D eigenvalue weighted by atomic mass is 10.2. The first kappa shape index (κ1) is 20.6. The van der Waals surface area contributed by atoms with Gasteiger partial charge in [0.05, 0.1) is 11.4 Å². The van der Waals surface area contributed by atoms with Crippen LogP contribution in [0.25, 0.3) is 5.82 Å². The fourth-order valence-corrected chi connectivity index (χ4v) is 3.77. The molecule has 1 fully saturated rings. The minimum Gasteiger partial charge on any atom is -0.330 e. The van der Waals surface area contributed by atoms with Crippen LogP contribution in [-0.2, 0) is 4.79 Å². The van der Waals surface area contributed by atoms with Crippen LogP contribution in [0.3, 0.4) is 0 Å². The lowest BCUT2D eigenvalue weighted by Gasteiger charge is -2.30. The van der Waals surface area contributed by atoms with Gasteiger partial charge in [0.25, 0.3) is 0 Å². The van der Waals surface area contributed by atoms with Crippen molar-refractivity contribution in [2.75, 3.05) is 12.3 Å². The van der Waals surface area contributed by atoms with Crippen LogP contribution in [0.1, 0.15) is 31.2 Å². The first-order chi connectivity index (χ1) is 13.1. The molecule has 1 aliphatic rings. The van der Waals surface area contributed by atoms with Crippen LogP contribution in [0.4, 0.5) is 13.2 Å². The first-order valence-corrected chi connectivity index (χ1v) is 9.99. The van der Waals surface area contributed by atoms with Crippen LogP contribution in [-0.4, -0.2) is 55.3 Å². The molecule has 0 saturated heterocycles. The quantitative estimate of drug-likeness (QED) is 0.650. The van der Waals surface area contributed by atoms with Crippen LogP contribution >= 0.6 is 11.8 Å². The third-order valence-electron chi connectivity index (χ3n) is 4.66. The summed E-state index contributed by atoms with van der Waals surface area (Å²) in [5, 5.41) is 13.0. The van der Waals surface area contributed by atoms with E-state index in [1.807, 2.05) is 19.9 Å². The van der Waals surface area contributed by atoms with E-state index in [1.165, 1.54) is 0 Å². The van der Waals surface area contributed by atoms with E-state index >= 15 is 0 Å². The number of amides is 1. The van der Waals surface area contributed by atoms with E-state index in [4.69, 9.17) is 0 Å². The number of hydrogen-bond acceptors (Lipinski definition) is 5. The Hall–Kier alpha value is -2.10. The largest absolute Gasteiger partial charge is 0.406 e. The van der Waals surface area contributed by atoms with Crippen molar-refractivity contribution < 1.29 is 18.0 Å². The highest BCUT2D eigenvalue weighted by atomic mass is 32.2. The van der Waals surface area contributed by atoms with Gasteiger partial charge in [0.1, 0.15) is 11.6 Å². The van der Waals surface area contributed by atoms with Gasteiger partial charge in [-0.1, -0.05) is 11.8 Å². The van der Waals surface area contributed by atoms with E-state index in [2.05, 4.69) is 15.3 Å². The molecule has 1 atom stereocenters. The molecule has 0 spiro atoms. The Morgan fingerprint density at radius 2 is 2.04 bits per heavy atom. The first-order valence-electron chi connectivity index (χ1n) is 9.00. The molecule has 152 valence electrons. The van der Waals surface area contributed by atoms with Gasteiger partial charge in [0.2, 0.25) is 5.91 Å². The van der Waals surface area contributed by atoms with E-state index in [0.29, 0.717) is 10.8 Å². The number of nitrogens with zero attached hydrogens (tertiary/aromatic N) is 5. The summed E-state index contributed by atoms with van der Waals surface area (Å²) < 4.78 is 40.3. The van der Waals surface area contributed by atoms with Gasteiger partial charge >= 0.3 is 6.18 Å². The monoisotopic (exact) mass is 413 g/mol. The highest BCUT2D eigenvalue weighted by Crippen LogP contribution is 2.36. The molecule has 1 amide bonds. The predicted molar refractivity (Wildman–Crippen MR) is 99.3 cm³/mol. The third kappa shape index (κ3) is 5.24. The lowest BCUT2D eigenvalue weighted by molar-refractivity contribution is -0.164. The minimum atomic E-state index is -4.41. The zero-order valence-electron chi connectivity index (χ0n) is 15.9. The Labute approximate surface area is 165 Å². The molecule has 0 N–H and O–H groups in total. The number of hydrogen-bond donors (Lipinski definition) is 0. The zero-order chi connectivity index (χ0) is 20.5. The van der Waals surface area contributed by atoms with E-state index in [-0.39, 0.29) is 11.7 Å².